The van der Waals surface area contributed by atoms with Crippen molar-refractivity contribution in [3.8, 4) is 0 Å². The van der Waals surface area contributed by atoms with Gasteiger partial charge in [-0.3, -0.25) is 0 Å². The number of nitrogens with one attached hydrogen (secondary N) is 1. The fraction of sp³-hybridized carbons (Fsp3) is 1.00. The molecule has 4 nitrogen and oxygen atoms in total. The quantitative estimate of drug-likeness (QED) is 0.701. The molecule has 0 radical (unpaired) electrons. The number of halogens is 2. The molecule has 0 unspecified atom stereocenters. The van der Waals surface area contributed by atoms with Crippen LogP contribution in [0.15, 0.2) is 0 Å². The van der Waals surface area contributed by atoms with E-state index in [1.54, 1.807) is 18.6 Å². The Morgan fingerprint density at radius 1 is 1.43 bits per heavy atom. The van der Waals surface area contributed by atoms with Crippen molar-refractivity contribution in [2.75, 3.05) is 13.2 Å². The Balaban J connectivity index is 4.19. The fourth-order valence-corrected chi connectivity index (χ4v) is 1.47. The average molecular weight is 231 g/mol. The summed E-state index contributed by atoms with van der Waals surface area (Å²) in [5.41, 5.74) is -0.531. The maximum Gasteiger partial charge on any atom is 0.350 e. The molecule has 0 heterocycles. The van der Waals surface area contributed by atoms with Gasteiger partial charge in [0.1, 0.15) is 0 Å². The molecule has 86 valence electrons. The summed E-state index contributed by atoms with van der Waals surface area (Å²) in [6.45, 7) is 3.14. The molecule has 7 heteroatoms. The molecule has 0 spiro atoms. The van der Waals surface area contributed by atoms with Crippen molar-refractivity contribution in [3.63, 3.8) is 0 Å². The molecule has 0 fully saturated rings. The highest BCUT2D eigenvalue weighted by Crippen LogP contribution is 2.18. The van der Waals surface area contributed by atoms with E-state index in [0.717, 1.165) is 0 Å². The zero-order chi connectivity index (χ0) is 11.4. The van der Waals surface area contributed by atoms with Crippen molar-refractivity contribution in [2.45, 2.75) is 26.0 Å². The van der Waals surface area contributed by atoms with Gasteiger partial charge in [0.2, 0.25) is 0 Å². The molecule has 0 saturated carbocycles. The van der Waals surface area contributed by atoms with Crippen LogP contribution in [0.4, 0.5) is 8.78 Å². The lowest BCUT2D eigenvalue weighted by atomic mass is 9.90. The molecule has 0 rings (SSSR count). The molecule has 0 aromatic carbocycles. The van der Waals surface area contributed by atoms with Crippen LogP contribution in [-0.2, 0) is 10.0 Å². The summed E-state index contributed by atoms with van der Waals surface area (Å²) in [5.74, 6) is -3.41. The van der Waals surface area contributed by atoms with Gasteiger partial charge >= 0.3 is 5.76 Å². The van der Waals surface area contributed by atoms with Crippen molar-refractivity contribution >= 4 is 10.0 Å². The molecular weight excluding hydrogens is 216 g/mol. The van der Waals surface area contributed by atoms with E-state index in [4.69, 9.17) is 5.11 Å². The summed E-state index contributed by atoms with van der Waals surface area (Å²) in [4.78, 5) is 0. The summed E-state index contributed by atoms with van der Waals surface area (Å²) in [6.07, 6.45) is 0.346. The summed E-state index contributed by atoms with van der Waals surface area (Å²) in [6, 6.07) is 0. The van der Waals surface area contributed by atoms with Crippen LogP contribution in [0, 0.1) is 5.41 Å². The zero-order valence-electron chi connectivity index (χ0n) is 8.13. The molecule has 0 aromatic rings. The number of aliphatic hydroxyl groups excluding tert-OH is 1. The van der Waals surface area contributed by atoms with Gasteiger partial charge in [0.05, 0.1) is 0 Å². The predicted molar refractivity (Wildman–Crippen MR) is 48.4 cm³/mol. The summed E-state index contributed by atoms with van der Waals surface area (Å²) in [5, 5.41) is 8.62. The monoisotopic (exact) mass is 231 g/mol. The average Bonchev–Trinajstić information content (AvgIpc) is 2.01. The first-order chi connectivity index (χ1) is 6.21. The first kappa shape index (κ1) is 13.7. The van der Waals surface area contributed by atoms with Crippen molar-refractivity contribution in [2.24, 2.45) is 5.41 Å². The third kappa shape index (κ3) is 4.83. The second-order valence-corrected chi connectivity index (χ2v) is 5.50. The van der Waals surface area contributed by atoms with Crippen LogP contribution in [0.1, 0.15) is 20.3 Å². The minimum absolute atomic E-state index is 0.108. The Morgan fingerprint density at radius 2 is 1.93 bits per heavy atom. The molecule has 0 atom stereocenters. The van der Waals surface area contributed by atoms with Crippen LogP contribution in [0.25, 0.3) is 0 Å². The topological polar surface area (TPSA) is 66.4 Å². The van der Waals surface area contributed by atoms with E-state index >= 15 is 0 Å². The number of aliphatic hydroxyl groups is 1. The largest absolute Gasteiger partial charge is 0.396 e. The minimum atomic E-state index is -4.51. The van der Waals surface area contributed by atoms with Crippen LogP contribution in [-0.4, -0.2) is 32.4 Å². The molecule has 0 aliphatic rings. The van der Waals surface area contributed by atoms with Crippen LogP contribution >= 0.6 is 0 Å². The van der Waals surface area contributed by atoms with E-state index in [9.17, 15) is 17.2 Å². The van der Waals surface area contributed by atoms with E-state index < -0.39 is 21.2 Å². The maximum absolute atomic E-state index is 11.9. The first-order valence-corrected chi connectivity index (χ1v) is 5.63. The SMILES string of the molecule is CC(C)(CCO)CNS(=O)(=O)C(F)F. The van der Waals surface area contributed by atoms with Crippen molar-refractivity contribution < 1.29 is 22.3 Å². The molecule has 0 aliphatic heterocycles. The molecular formula is C7H15F2NO3S. The normalized spacial score (nSPS) is 13.6. The van der Waals surface area contributed by atoms with Crippen LogP contribution in [0.3, 0.4) is 0 Å². The Hall–Kier alpha value is -0.270. The van der Waals surface area contributed by atoms with Gasteiger partial charge in [0.25, 0.3) is 10.0 Å². The van der Waals surface area contributed by atoms with Crippen LogP contribution in [0.2, 0.25) is 0 Å². The zero-order valence-corrected chi connectivity index (χ0v) is 8.94. The van der Waals surface area contributed by atoms with Gasteiger partial charge in [-0.05, 0) is 11.8 Å². The molecule has 0 aromatic heterocycles. The Kier molecular flexibility index (Phi) is 4.90. The van der Waals surface area contributed by atoms with Crippen LogP contribution in [0.5, 0.6) is 0 Å². The van der Waals surface area contributed by atoms with E-state index in [2.05, 4.69) is 0 Å². The van der Waals surface area contributed by atoms with Crippen molar-refractivity contribution in [3.05, 3.63) is 0 Å². The summed E-state index contributed by atoms with van der Waals surface area (Å²) >= 11 is 0. The number of alkyl halides is 2. The Labute approximate surface area is 82.4 Å². The van der Waals surface area contributed by atoms with Crippen molar-refractivity contribution in [1.29, 1.82) is 0 Å². The lowest BCUT2D eigenvalue weighted by Crippen LogP contribution is -2.37. The lowest BCUT2D eigenvalue weighted by molar-refractivity contribution is 0.208. The second-order valence-electron chi connectivity index (χ2n) is 3.76. The predicted octanol–water partition coefficient (Wildman–Crippen LogP) is 0.537. The third-order valence-corrected chi connectivity index (χ3v) is 2.79. The lowest BCUT2D eigenvalue weighted by Gasteiger charge is -2.23. The Bertz CT molecular complexity index is 264. The molecule has 2 N–H and O–H groups in total. The van der Waals surface area contributed by atoms with Gasteiger partial charge in [-0.25, -0.2) is 13.1 Å². The highest BCUT2D eigenvalue weighted by atomic mass is 32.2. The standard InChI is InChI=1S/C7H15F2NO3S/c1-7(2,3-4-11)5-10-14(12,13)6(8)9/h6,10-11H,3-5H2,1-2H3. The third-order valence-electron chi connectivity index (χ3n) is 1.78. The smallest absolute Gasteiger partial charge is 0.350 e. The second kappa shape index (κ2) is 4.99. The van der Waals surface area contributed by atoms with E-state index in [0.29, 0.717) is 6.42 Å². The van der Waals surface area contributed by atoms with Gasteiger partial charge in [-0.15, -0.1) is 0 Å². The number of sulfonamides is 1. The van der Waals surface area contributed by atoms with E-state index in [1.807, 2.05) is 0 Å². The number of rotatable bonds is 6. The van der Waals surface area contributed by atoms with Crippen molar-refractivity contribution in [1.82, 2.24) is 4.72 Å². The van der Waals surface area contributed by atoms with Crippen LogP contribution < -0.4 is 4.72 Å². The highest BCUT2D eigenvalue weighted by Gasteiger charge is 2.27. The minimum Gasteiger partial charge on any atom is -0.396 e. The van der Waals surface area contributed by atoms with E-state index in [1.165, 1.54) is 0 Å². The number of hydrogen-bond donors (Lipinski definition) is 2. The summed E-state index contributed by atoms with van der Waals surface area (Å²) < 4.78 is 46.9. The van der Waals surface area contributed by atoms with Gasteiger partial charge in [0, 0.05) is 13.2 Å². The van der Waals surface area contributed by atoms with Gasteiger partial charge in [0.15, 0.2) is 0 Å². The maximum atomic E-state index is 11.9. The molecule has 0 amide bonds. The fourth-order valence-electron chi connectivity index (χ4n) is 0.750. The highest BCUT2D eigenvalue weighted by molar-refractivity contribution is 7.89. The summed E-state index contributed by atoms with van der Waals surface area (Å²) in [7, 11) is -4.51. The van der Waals surface area contributed by atoms with Gasteiger partial charge < -0.3 is 5.11 Å². The molecule has 0 bridgehead atoms. The Morgan fingerprint density at radius 3 is 2.29 bits per heavy atom. The van der Waals surface area contributed by atoms with Gasteiger partial charge in [-0.1, -0.05) is 13.8 Å². The molecule has 0 aliphatic carbocycles. The number of hydrogen-bond acceptors (Lipinski definition) is 3. The molecule has 0 saturated heterocycles. The first-order valence-electron chi connectivity index (χ1n) is 4.09. The van der Waals surface area contributed by atoms with Gasteiger partial charge in [-0.2, -0.15) is 8.78 Å². The molecule has 14 heavy (non-hydrogen) atoms. The van der Waals surface area contributed by atoms with E-state index in [-0.39, 0.29) is 13.2 Å².